The number of carbonyl (C=O) groups is 1. The second-order valence-corrected chi connectivity index (χ2v) is 6.43. The smallest absolute Gasteiger partial charge is 0.225 e. The van der Waals surface area contributed by atoms with Crippen LogP contribution in [-0.4, -0.2) is 37.0 Å². The lowest BCUT2D eigenvalue weighted by Crippen LogP contribution is -2.51. The first-order chi connectivity index (χ1) is 9.61. The summed E-state index contributed by atoms with van der Waals surface area (Å²) in [5, 5.41) is 3.61. The highest BCUT2D eigenvalue weighted by Gasteiger charge is 2.48. The van der Waals surface area contributed by atoms with Crippen LogP contribution in [0.2, 0.25) is 5.02 Å². The second kappa shape index (κ2) is 5.38. The van der Waals surface area contributed by atoms with Gasteiger partial charge in [-0.3, -0.25) is 9.69 Å². The Balaban J connectivity index is 1.95. The minimum absolute atomic E-state index is 0.0462. The molecule has 1 aromatic carbocycles. The van der Waals surface area contributed by atoms with Crippen LogP contribution in [-0.2, 0) is 4.79 Å². The van der Waals surface area contributed by atoms with E-state index in [1.165, 1.54) is 12.0 Å². The summed E-state index contributed by atoms with van der Waals surface area (Å²) in [5.41, 5.74) is 1.24. The normalized spacial score (nSPS) is 33.1. The Hall–Kier alpha value is -1.06. The molecule has 4 heteroatoms. The number of fused-ring (bicyclic) bond motifs is 2. The zero-order valence-electron chi connectivity index (χ0n) is 12.0. The van der Waals surface area contributed by atoms with Crippen LogP contribution >= 0.6 is 11.6 Å². The van der Waals surface area contributed by atoms with Crippen molar-refractivity contribution < 1.29 is 4.79 Å². The van der Waals surface area contributed by atoms with Crippen molar-refractivity contribution in [3.8, 4) is 0 Å². The molecule has 0 aliphatic carbocycles. The molecule has 2 bridgehead atoms. The third-order valence-corrected chi connectivity index (χ3v) is 5.37. The Labute approximate surface area is 125 Å². The van der Waals surface area contributed by atoms with Crippen LogP contribution in [0.3, 0.4) is 0 Å². The number of rotatable bonds is 2. The van der Waals surface area contributed by atoms with Crippen molar-refractivity contribution in [1.82, 2.24) is 10.2 Å². The third-order valence-electron chi connectivity index (χ3n) is 5.12. The molecule has 0 saturated carbocycles. The van der Waals surface area contributed by atoms with Crippen molar-refractivity contribution >= 4 is 17.5 Å². The van der Waals surface area contributed by atoms with Crippen LogP contribution in [0.5, 0.6) is 0 Å². The molecule has 1 aromatic rings. The molecule has 2 heterocycles. The number of hydrogen-bond acceptors (Lipinski definition) is 2. The number of amides is 1. The summed E-state index contributed by atoms with van der Waals surface area (Å²) in [5.74, 6) is 0.521. The fraction of sp³-hybridized carbons (Fsp3) is 0.562. The van der Waals surface area contributed by atoms with Crippen molar-refractivity contribution in [3.05, 3.63) is 34.9 Å². The standard InChI is InChI=1S/C16H21ClN2O/c1-18-16(20)15-13(10-3-5-11(17)6-4-10)9-12-7-8-14(15)19(12)2/h3-6,12-15H,7-9H2,1-2H3,(H,18,20)/t12?,13-,14?,15+/m1/s1. The quantitative estimate of drug-likeness (QED) is 0.909. The molecule has 2 aliphatic heterocycles. The molecule has 1 amide bonds. The topological polar surface area (TPSA) is 32.3 Å². The highest BCUT2D eigenvalue weighted by atomic mass is 35.5. The van der Waals surface area contributed by atoms with Gasteiger partial charge in [-0.05, 0) is 49.9 Å². The Bertz CT molecular complexity index is 502. The SMILES string of the molecule is CNC(=O)[C@@H]1C2CCC(C[C@@H]1c1ccc(Cl)cc1)N2C. The number of piperidine rings is 1. The molecule has 4 atom stereocenters. The third kappa shape index (κ3) is 2.23. The summed E-state index contributed by atoms with van der Waals surface area (Å²) < 4.78 is 0. The van der Waals surface area contributed by atoms with Gasteiger partial charge in [0.1, 0.15) is 0 Å². The second-order valence-electron chi connectivity index (χ2n) is 6.00. The zero-order chi connectivity index (χ0) is 14.3. The Morgan fingerprint density at radius 3 is 2.65 bits per heavy atom. The van der Waals surface area contributed by atoms with E-state index in [0.717, 1.165) is 17.9 Å². The lowest BCUT2D eigenvalue weighted by atomic mass is 9.75. The maximum atomic E-state index is 12.4. The van der Waals surface area contributed by atoms with Gasteiger partial charge in [0.05, 0.1) is 5.92 Å². The average molecular weight is 293 g/mol. The molecular formula is C16H21ClN2O. The van der Waals surface area contributed by atoms with Crippen molar-refractivity contribution in [2.75, 3.05) is 14.1 Å². The number of halogens is 1. The number of benzene rings is 1. The van der Waals surface area contributed by atoms with Crippen molar-refractivity contribution in [1.29, 1.82) is 0 Å². The van der Waals surface area contributed by atoms with E-state index in [-0.39, 0.29) is 11.8 Å². The van der Waals surface area contributed by atoms with Crippen LogP contribution in [0.25, 0.3) is 0 Å². The fourth-order valence-electron chi connectivity index (χ4n) is 4.04. The van der Waals surface area contributed by atoms with Gasteiger partial charge in [-0.15, -0.1) is 0 Å². The first kappa shape index (κ1) is 13.9. The van der Waals surface area contributed by atoms with E-state index in [1.54, 1.807) is 7.05 Å². The largest absolute Gasteiger partial charge is 0.359 e. The van der Waals surface area contributed by atoms with E-state index in [1.807, 2.05) is 12.1 Å². The van der Waals surface area contributed by atoms with Gasteiger partial charge in [0.15, 0.2) is 0 Å². The van der Waals surface area contributed by atoms with Gasteiger partial charge >= 0.3 is 0 Å². The van der Waals surface area contributed by atoms with Gasteiger partial charge in [0, 0.05) is 24.2 Å². The predicted octanol–water partition coefficient (Wildman–Crippen LogP) is 2.65. The van der Waals surface area contributed by atoms with E-state index in [2.05, 4.69) is 29.4 Å². The summed E-state index contributed by atoms with van der Waals surface area (Å²) in [6.07, 6.45) is 3.40. The summed E-state index contributed by atoms with van der Waals surface area (Å²) in [6, 6.07) is 8.99. The highest BCUT2D eigenvalue weighted by Crippen LogP contribution is 2.46. The number of nitrogens with zero attached hydrogens (tertiary/aromatic N) is 1. The predicted molar refractivity (Wildman–Crippen MR) is 80.9 cm³/mol. The van der Waals surface area contributed by atoms with Crippen molar-refractivity contribution in [2.24, 2.45) is 5.92 Å². The molecule has 0 aromatic heterocycles. The monoisotopic (exact) mass is 292 g/mol. The molecule has 108 valence electrons. The minimum Gasteiger partial charge on any atom is -0.359 e. The molecule has 3 nitrogen and oxygen atoms in total. The molecule has 2 saturated heterocycles. The zero-order valence-corrected chi connectivity index (χ0v) is 12.7. The van der Waals surface area contributed by atoms with Gasteiger partial charge in [-0.2, -0.15) is 0 Å². The molecule has 1 N–H and O–H groups in total. The lowest BCUT2D eigenvalue weighted by Gasteiger charge is -2.42. The molecule has 3 rings (SSSR count). The van der Waals surface area contributed by atoms with Crippen LogP contribution < -0.4 is 5.32 Å². The van der Waals surface area contributed by atoms with E-state index < -0.39 is 0 Å². The molecule has 0 spiro atoms. The molecule has 2 fully saturated rings. The number of hydrogen-bond donors (Lipinski definition) is 1. The minimum atomic E-state index is 0.0462. The van der Waals surface area contributed by atoms with Crippen LogP contribution in [0, 0.1) is 5.92 Å². The van der Waals surface area contributed by atoms with E-state index >= 15 is 0 Å². The molecule has 2 aliphatic rings. The summed E-state index contributed by atoms with van der Waals surface area (Å²) in [7, 11) is 3.90. The highest BCUT2D eigenvalue weighted by molar-refractivity contribution is 6.30. The van der Waals surface area contributed by atoms with E-state index in [4.69, 9.17) is 11.6 Å². The van der Waals surface area contributed by atoms with Gasteiger partial charge in [0.25, 0.3) is 0 Å². The first-order valence-corrected chi connectivity index (χ1v) is 7.68. The maximum absolute atomic E-state index is 12.4. The lowest BCUT2D eigenvalue weighted by molar-refractivity contribution is -0.128. The first-order valence-electron chi connectivity index (χ1n) is 7.31. The van der Waals surface area contributed by atoms with Gasteiger partial charge in [-0.1, -0.05) is 23.7 Å². The number of carbonyl (C=O) groups excluding carboxylic acids is 1. The summed E-state index contributed by atoms with van der Waals surface area (Å²) in [6.45, 7) is 0. The van der Waals surface area contributed by atoms with Gasteiger partial charge < -0.3 is 5.32 Å². The maximum Gasteiger partial charge on any atom is 0.225 e. The molecule has 20 heavy (non-hydrogen) atoms. The summed E-state index contributed by atoms with van der Waals surface area (Å²) >= 11 is 5.98. The molecular weight excluding hydrogens is 272 g/mol. The van der Waals surface area contributed by atoms with Crippen LogP contribution in [0.4, 0.5) is 0 Å². The van der Waals surface area contributed by atoms with Crippen LogP contribution in [0.15, 0.2) is 24.3 Å². The Kier molecular flexibility index (Phi) is 3.74. The van der Waals surface area contributed by atoms with Crippen molar-refractivity contribution in [3.63, 3.8) is 0 Å². The Morgan fingerprint density at radius 2 is 2.00 bits per heavy atom. The Morgan fingerprint density at radius 1 is 1.30 bits per heavy atom. The van der Waals surface area contributed by atoms with E-state index in [9.17, 15) is 4.79 Å². The van der Waals surface area contributed by atoms with Gasteiger partial charge in [-0.25, -0.2) is 0 Å². The number of nitrogens with one attached hydrogen (secondary N) is 1. The fourth-order valence-corrected chi connectivity index (χ4v) is 4.17. The van der Waals surface area contributed by atoms with Crippen molar-refractivity contribution in [2.45, 2.75) is 37.3 Å². The van der Waals surface area contributed by atoms with Crippen LogP contribution in [0.1, 0.15) is 30.7 Å². The van der Waals surface area contributed by atoms with E-state index in [0.29, 0.717) is 18.0 Å². The molecule has 2 unspecified atom stereocenters. The van der Waals surface area contributed by atoms with Gasteiger partial charge in [0.2, 0.25) is 5.91 Å². The summed E-state index contributed by atoms with van der Waals surface area (Å²) in [4.78, 5) is 14.8. The average Bonchev–Trinajstić information content (AvgIpc) is 2.70. The molecule has 0 radical (unpaired) electrons.